The number of hydrogen-bond donors (Lipinski definition) is 1. The Kier molecular flexibility index (Phi) is 3.84. The van der Waals surface area contributed by atoms with Gasteiger partial charge in [0.2, 0.25) is 0 Å². The quantitative estimate of drug-likeness (QED) is 0.588. The molecule has 2 fully saturated rings. The van der Waals surface area contributed by atoms with E-state index in [-0.39, 0.29) is 30.6 Å². The predicted octanol–water partition coefficient (Wildman–Crippen LogP) is 0.951. The molecule has 0 radical (unpaired) electrons. The number of nitrogens with zero attached hydrogens (tertiary/aromatic N) is 1. The van der Waals surface area contributed by atoms with Gasteiger partial charge in [0, 0.05) is 24.6 Å². The zero-order chi connectivity index (χ0) is 12.4. The molecule has 0 saturated carbocycles. The van der Waals surface area contributed by atoms with E-state index >= 15 is 0 Å². The van der Waals surface area contributed by atoms with E-state index in [2.05, 4.69) is 4.90 Å². The van der Waals surface area contributed by atoms with Gasteiger partial charge >= 0.3 is 5.97 Å². The van der Waals surface area contributed by atoms with Crippen molar-refractivity contribution in [1.29, 1.82) is 0 Å². The Balaban J connectivity index is 2.00. The number of allylic oxidation sites excluding steroid dienone is 1. The highest BCUT2D eigenvalue weighted by Gasteiger charge is 2.45. The van der Waals surface area contributed by atoms with Crippen molar-refractivity contribution in [2.45, 2.75) is 38.8 Å². The minimum atomic E-state index is -0.220. The molecular formula is C13H21NO3. The molecule has 2 heterocycles. The number of fused-ring (bicyclic) bond motifs is 1. The second-order valence-corrected chi connectivity index (χ2v) is 4.96. The second-order valence-electron chi connectivity index (χ2n) is 4.96. The van der Waals surface area contributed by atoms with Crippen LogP contribution in [0.2, 0.25) is 0 Å². The van der Waals surface area contributed by atoms with E-state index in [1.165, 1.54) is 0 Å². The minimum Gasteiger partial charge on any atom is -0.457 e. The van der Waals surface area contributed by atoms with Gasteiger partial charge in [-0.25, -0.2) is 4.79 Å². The second kappa shape index (κ2) is 5.19. The molecule has 2 aliphatic rings. The maximum absolute atomic E-state index is 11.7. The molecule has 4 heteroatoms. The number of rotatable bonds is 3. The molecule has 4 nitrogen and oxygen atoms in total. The van der Waals surface area contributed by atoms with E-state index in [0.717, 1.165) is 25.9 Å². The van der Waals surface area contributed by atoms with E-state index in [1.54, 1.807) is 13.0 Å². The monoisotopic (exact) mass is 239 g/mol. The van der Waals surface area contributed by atoms with Crippen LogP contribution in [0, 0.1) is 5.92 Å². The molecule has 2 saturated heterocycles. The van der Waals surface area contributed by atoms with E-state index in [4.69, 9.17) is 4.74 Å². The van der Waals surface area contributed by atoms with Crippen molar-refractivity contribution in [3.63, 3.8) is 0 Å². The summed E-state index contributed by atoms with van der Waals surface area (Å²) in [6.07, 6.45) is 3.63. The SMILES string of the molecule is C/C=C(\C)C(=O)O[C@@H]1CCN2CC[C@H](CO)[C@H]12. The summed E-state index contributed by atoms with van der Waals surface area (Å²) < 4.78 is 5.55. The molecule has 0 aromatic rings. The number of esters is 1. The molecule has 0 aliphatic carbocycles. The summed E-state index contributed by atoms with van der Waals surface area (Å²) in [7, 11) is 0. The van der Waals surface area contributed by atoms with Gasteiger partial charge in [-0.1, -0.05) is 6.08 Å². The Morgan fingerprint density at radius 1 is 1.47 bits per heavy atom. The van der Waals surface area contributed by atoms with E-state index in [9.17, 15) is 9.90 Å². The smallest absolute Gasteiger partial charge is 0.333 e. The Morgan fingerprint density at radius 3 is 2.82 bits per heavy atom. The van der Waals surface area contributed by atoms with Crippen LogP contribution in [0.4, 0.5) is 0 Å². The standard InChI is InChI=1S/C13H21NO3/c1-3-9(2)13(16)17-11-5-7-14-6-4-10(8-15)12(11)14/h3,10-12,15H,4-8H2,1-2H3/b9-3+/t10-,11-,12-/m1/s1. The topological polar surface area (TPSA) is 49.8 Å². The van der Waals surface area contributed by atoms with Gasteiger partial charge in [-0.05, 0) is 33.2 Å². The third-order valence-corrected chi connectivity index (χ3v) is 4.02. The lowest BCUT2D eigenvalue weighted by Crippen LogP contribution is -2.38. The van der Waals surface area contributed by atoms with Crippen LogP contribution in [0.25, 0.3) is 0 Å². The third kappa shape index (κ3) is 2.38. The highest BCUT2D eigenvalue weighted by molar-refractivity contribution is 5.87. The molecule has 2 aliphatic heterocycles. The number of aliphatic hydroxyl groups excluding tert-OH is 1. The molecule has 0 spiro atoms. The summed E-state index contributed by atoms with van der Waals surface area (Å²) in [5.74, 6) is 0.0455. The van der Waals surface area contributed by atoms with Gasteiger partial charge in [-0.15, -0.1) is 0 Å². The van der Waals surface area contributed by atoms with E-state index in [0.29, 0.717) is 5.57 Å². The normalized spacial score (nSPS) is 33.8. The lowest BCUT2D eigenvalue weighted by Gasteiger charge is -2.25. The van der Waals surface area contributed by atoms with Crippen LogP contribution in [-0.4, -0.2) is 47.8 Å². The average molecular weight is 239 g/mol. The first-order chi connectivity index (χ1) is 8.17. The zero-order valence-corrected chi connectivity index (χ0v) is 10.6. The van der Waals surface area contributed by atoms with Crippen LogP contribution >= 0.6 is 0 Å². The molecular weight excluding hydrogens is 218 g/mol. The largest absolute Gasteiger partial charge is 0.457 e. The van der Waals surface area contributed by atoms with E-state index < -0.39 is 0 Å². The van der Waals surface area contributed by atoms with Crippen molar-refractivity contribution in [1.82, 2.24) is 4.90 Å². The van der Waals surface area contributed by atoms with Crippen LogP contribution in [0.5, 0.6) is 0 Å². The van der Waals surface area contributed by atoms with Crippen molar-refractivity contribution in [2.75, 3.05) is 19.7 Å². The molecule has 0 amide bonds. The Bertz CT molecular complexity index is 327. The molecule has 3 atom stereocenters. The van der Waals surface area contributed by atoms with Gasteiger partial charge in [-0.3, -0.25) is 4.90 Å². The number of carbonyl (C=O) groups is 1. The maximum atomic E-state index is 11.7. The van der Waals surface area contributed by atoms with Crippen molar-refractivity contribution < 1.29 is 14.6 Å². The minimum absolute atomic E-state index is 0.0444. The Morgan fingerprint density at radius 2 is 2.18 bits per heavy atom. The zero-order valence-electron chi connectivity index (χ0n) is 10.6. The van der Waals surface area contributed by atoms with Crippen LogP contribution in [0.1, 0.15) is 26.7 Å². The number of hydrogen-bond acceptors (Lipinski definition) is 4. The van der Waals surface area contributed by atoms with Crippen LogP contribution in [0.15, 0.2) is 11.6 Å². The molecule has 2 rings (SSSR count). The Hall–Kier alpha value is -0.870. The van der Waals surface area contributed by atoms with Gasteiger partial charge in [0.05, 0.1) is 6.04 Å². The van der Waals surface area contributed by atoms with Crippen molar-refractivity contribution >= 4 is 5.97 Å². The number of carbonyl (C=O) groups excluding carboxylic acids is 1. The lowest BCUT2D eigenvalue weighted by atomic mass is 9.97. The molecule has 0 aromatic carbocycles. The first-order valence-electron chi connectivity index (χ1n) is 6.36. The van der Waals surface area contributed by atoms with Gasteiger partial charge in [0.15, 0.2) is 0 Å². The summed E-state index contributed by atoms with van der Waals surface area (Å²) in [6, 6.07) is 0.230. The average Bonchev–Trinajstić information content (AvgIpc) is 2.90. The van der Waals surface area contributed by atoms with Crippen LogP contribution in [0.3, 0.4) is 0 Å². The van der Waals surface area contributed by atoms with Crippen molar-refractivity contribution in [3.05, 3.63) is 11.6 Å². The van der Waals surface area contributed by atoms with Gasteiger partial charge < -0.3 is 9.84 Å². The summed E-state index contributed by atoms with van der Waals surface area (Å²) in [4.78, 5) is 14.1. The predicted molar refractivity (Wildman–Crippen MR) is 64.5 cm³/mol. The first-order valence-corrected chi connectivity index (χ1v) is 6.36. The highest BCUT2D eigenvalue weighted by atomic mass is 16.5. The van der Waals surface area contributed by atoms with Crippen molar-refractivity contribution in [2.24, 2.45) is 5.92 Å². The molecule has 0 bridgehead atoms. The fourth-order valence-corrected chi connectivity index (χ4v) is 2.89. The van der Waals surface area contributed by atoms with Crippen LogP contribution < -0.4 is 0 Å². The summed E-state index contributed by atoms with van der Waals surface area (Å²) in [5, 5.41) is 9.34. The van der Waals surface area contributed by atoms with Crippen LogP contribution in [-0.2, 0) is 9.53 Å². The fourth-order valence-electron chi connectivity index (χ4n) is 2.89. The number of ether oxygens (including phenoxy) is 1. The molecule has 17 heavy (non-hydrogen) atoms. The lowest BCUT2D eigenvalue weighted by molar-refractivity contribution is -0.145. The van der Waals surface area contributed by atoms with E-state index in [1.807, 2.05) is 6.92 Å². The summed E-state index contributed by atoms with van der Waals surface area (Å²) >= 11 is 0. The molecule has 96 valence electrons. The number of aliphatic hydroxyl groups is 1. The molecule has 0 aromatic heterocycles. The molecule has 1 N–H and O–H groups in total. The van der Waals surface area contributed by atoms with Gasteiger partial charge in [0.1, 0.15) is 6.10 Å². The highest BCUT2D eigenvalue weighted by Crippen LogP contribution is 2.34. The van der Waals surface area contributed by atoms with Crippen molar-refractivity contribution in [3.8, 4) is 0 Å². The third-order valence-electron chi connectivity index (χ3n) is 4.02. The Labute approximate surface area is 102 Å². The summed E-state index contributed by atoms with van der Waals surface area (Å²) in [5.41, 5.74) is 0.655. The first kappa shape index (κ1) is 12.6. The van der Waals surface area contributed by atoms with Gasteiger partial charge in [0.25, 0.3) is 0 Å². The fraction of sp³-hybridized carbons (Fsp3) is 0.769. The summed E-state index contributed by atoms with van der Waals surface area (Å²) in [6.45, 7) is 5.80. The van der Waals surface area contributed by atoms with Gasteiger partial charge in [-0.2, -0.15) is 0 Å². The molecule has 0 unspecified atom stereocenters. The maximum Gasteiger partial charge on any atom is 0.333 e.